The standard InChI is InChI=1S/C13H15NO3S/c1-11-10-12(4-2-8-15)5-6-13(11)14-7-3-9-18(14,16)17/h5-6,10,15H,3,7-9H2,1H3. The minimum atomic E-state index is -3.14. The van der Waals surface area contributed by atoms with Gasteiger partial charge in [-0.15, -0.1) is 0 Å². The number of aryl methyl sites for hydroxylation is 1. The van der Waals surface area contributed by atoms with Crippen molar-refractivity contribution >= 4 is 15.7 Å². The molecule has 1 saturated heterocycles. The van der Waals surface area contributed by atoms with Gasteiger partial charge in [0.05, 0.1) is 11.4 Å². The van der Waals surface area contributed by atoms with Crippen LogP contribution in [0.4, 0.5) is 5.69 Å². The SMILES string of the molecule is Cc1cc(C#CCO)ccc1N1CCCS1(=O)=O. The van der Waals surface area contributed by atoms with Gasteiger partial charge < -0.3 is 5.11 Å². The first-order chi connectivity index (χ1) is 8.54. The van der Waals surface area contributed by atoms with E-state index in [1.807, 2.05) is 13.0 Å². The third-order valence-electron chi connectivity index (χ3n) is 2.88. The van der Waals surface area contributed by atoms with Gasteiger partial charge in [-0.1, -0.05) is 11.8 Å². The molecule has 0 aromatic heterocycles. The van der Waals surface area contributed by atoms with Gasteiger partial charge in [0.1, 0.15) is 6.61 Å². The predicted molar refractivity (Wildman–Crippen MR) is 70.9 cm³/mol. The molecule has 1 N–H and O–H groups in total. The quantitative estimate of drug-likeness (QED) is 0.767. The zero-order valence-corrected chi connectivity index (χ0v) is 11.0. The van der Waals surface area contributed by atoms with Crippen LogP contribution in [0.1, 0.15) is 17.5 Å². The lowest BCUT2D eigenvalue weighted by atomic mass is 10.1. The average Bonchev–Trinajstić information content (AvgIpc) is 2.66. The van der Waals surface area contributed by atoms with E-state index < -0.39 is 10.0 Å². The van der Waals surface area contributed by atoms with Gasteiger partial charge in [-0.25, -0.2) is 8.42 Å². The van der Waals surface area contributed by atoms with Gasteiger partial charge in [0.2, 0.25) is 10.0 Å². The normalized spacial score (nSPS) is 17.3. The first kappa shape index (κ1) is 12.9. The lowest BCUT2D eigenvalue weighted by Gasteiger charge is -2.19. The van der Waals surface area contributed by atoms with Gasteiger partial charge in [-0.2, -0.15) is 0 Å². The molecule has 5 heteroatoms. The first-order valence-electron chi connectivity index (χ1n) is 5.75. The van der Waals surface area contributed by atoms with Crippen molar-refractivity contribution in [1.29, 1.82) is 0 Å². The molecule has 1 aromatic carbocycles. The number of aliphatic hydroxyl groups is 1. The summed E-state index contributed by atoms with van der Waals surface area (Å²) in [6.45, 7) is 2.24. The van der Waals surface area contributed by atoms with Crippen molar-refractivity contribution in [2.24, 2.45) is 0 Å². The van der Waals surface area contributed by atoms with Crippen molar-refractivity contribution in [2.45, 2.75) is 13.3 Å². The van der Waals surface area contributed by atoms with Gasteiger partial charge in [-0.3, -0.25) is 4.31 Å². The first-order valence-corrected chi connectivity index (χ1v) is 7.36. The smallest absolute Gasteiger partial charge is 0.235 e. The summed E-state index contributed by atoms with van der Waals surface area (Å²) in [5.41, 5.74) is 2.38. The van der Waals surface area contributed by atoms with Crippen molar-refractivity contribution in [3.05, 3.63) is 29.3 Å². The van der Waals surface area contributed by atoms with E-state index in [9.17, 15) is 8.42 Å². The summed E-state index contributed by atoms with van der Waals surface area (Å²) in [5.74, 6) is 5.60. The second-order valence-corrected chi connectivity index (χ2v) is 6.22. The summed E-state index contributed by atoms with van der Waals surface area (Å²) in [7, 11) is -3.14. The lowest BCUT2D eigenvalue weighted by molar-refractivity contribution is 0.350. The second kappa shape index (κ2) is 5.01. The van der Waals surface area contributed by atoms with Gasteiger partial charge in [0.25, 0.3) is 0 Å². The van der Waals surface area contributed by atoms with Crippen LogP contribution in [0.3, 0.4) is 0 Å². The molecule has 96 valence electrons. The fraction of sp³-hybridized carbons (Fsp3) is 0.385. The molecule has 1 aliphatic heterocycles. The van der Waals surface area contributed by atoms with Crippen molar-refractivity contribution in [3.63, 3.8) is 0 Å². The van der Waals surface area contributed by atoms with E-state index in [2.05, 4.69) is 11.8 Å². The minimum absolute atomic E-state index is 0.179. The summed E-state index contributed by atoms with van der Waals surface area (Å²) in [4.78, 5) is 0. The summed E-state index contributed by atoms with van der Waals surface area (Å²) in [6, 6.07) is 5.39. The number of rotatable bonds is 1. The topological polar surface area (TPSA) is 57.6 Å². The Bertz CT molecular complexity index is 611. The van der Waals surface area contributed by atoms with Crippen LogP contribution in [0.2, 0.25) is 0 Å². The largest absolute Gasteiger partial charge is 0.384 e. The van der Waals surface area contributed by atoms with Crippen molar-refractivity contribution < 1.29 is 13.5 Å². The number of hydrogen-bond acceptors (Lipinski definition) is 3. The van der Waals surface area contributed by atoms with Crippen LogP contribution in [0, 0.1) is 18.8 Å². The summed E-state index contributed by atoms with van der Waals surface area (Å²) in [6.07, 6.45) is 0.674. The Morgan fingerprint density at radius 3 is 2.78 bits per heavy atom. The van der Waals surface area contributed by atoms with Crippen molar-refractivity contribution in [2.75, 3.05) is 23.2 Å². The molecular weight excluding hydrogens is 250 g/mol. The molecule has 18 heavy (non-hydrogen) atoms. The Labute approximate surface area is 107 Å². The lowest BCUT2D eigenvalue weighted by Crippen LogP contribution is -2.25. The van der Waals surface area contributed by atoms with E-state index in [4.69, 9.17) is 5.11 Å². The maximum Gasteiger partial charge on any atom is 0.235 e. The molecule has 1 fully saturated rings. The number of sulfonamides is 1. The zero-order valence-electron chi connectivity index (χ0n) is 10.2. The number of benzene rings is 1. The number of hydrogen-bond donors (Lipinski definition) is 1. The Morgan fingerprint density at radius 2 is 2.22 bits per heavy atom. The fourth-order valence-electron chi connectivity index (χ4n) is 2.06. The molecule has 1 aliphatic rings. The molecule has 0 atom stereocenters. The van der Waals surface area contributed by atoms with E-state index in [1.54, 1.807) is 12.1 Å². The predicted octanol–water partition coefficient (Wildman–Crippen LogP) is 0.879. The van der Waals surface area contributed by atoms with E-state index in [0.29, 0.717) is 13.0 Å². The average molecular weight is 265 g/mol. The monoisotopic (exact) mass is 265 g/mol. The Balaban J connectivity index is 2.36. The molecule has 0 spiro atoms. The highest BCUT2D eigenvalue weighted by Gasteiger charge is 2.29. The highest BCUT2D eigenvalue weighted by Crippen LogP contribution is 2.27. The van der Waals surface area contributed by atoms with Gasteiger partial charge in [0.15, 0.2) is 0 Å². The molecule has 1 heterocycles. The van der Waals surface area contributed by atoms with E-state index >= 15 is 0 Å². The van der Waals surface area contributed by atoms with Crippen LogP contribution in [0.25, 0.3) is 0 Å². The van der Waals surface area contributed by atoms with Gasteiger partial charge >= 0.3 is 0 Å². The van der Waals surface area contributed by atoms with Crippen LogP contribution in [-0.2, 0) is 10.0 Å². The molecule has 2 rings (SSSR count). The molecule has 4 nitrogen and oxygen atoms in total. The zero-order chi connectivity index (χ0) is 13.2. The summed E-state index contributed by atoms with van der Waals surface area (Å²) < 4.78 is 25.1. The van der Waals surface area contributed by atoms with Crippen molar-refractivity contribution in [3.8, 4) is 11.8 Å². The molecule has 0 radical (unpaired) electrons. The van der Waals surface area contributed by atoms with E-state index in [-0.39, 0.29) is 12.4 Å². The third kappa shape index (κ3) is 2.50. The second-order valence-electron chi connectivity index (χ2n) is 4.20. The molecule has 0 unspecified atom stereocenters. The maximum atomic E-state index is 11.8. The fourth-order valence-corrected chi connectivity index (χ4v) is 3.69. The minimum Gasteiger partial charge on any atom is -0.384 e. The van der Waals surface area contributed by atoms with Crippen LogP contribution in [0.15, 0.2) is 18.2 Å². The van der Waals surface area contributed by atoms with Crippen LogP contribution < -0.4 is 4.31 Å². The highest BCUT2D eigenvalue weighted by molar-refractivity contribution is 7.93. The molecule has 0 saturated carbocycles. The Hall–Kier alpha value is -1.51. The number of aliphatic hydroxyl groups excluding tert-OH is 1. The van der Waals surface area contributed by atoms with Gasteiger partial charge in [0, 0.05) is 12.1 Å². The van der Waals surface area contributed by atoms with Crippen molar-refractivity contribution in [1.82, 2.24) is 0 Å². The van der Waals surface area contributed by atoms with Crippen LogP contribution >= 0.6 is 0 Å². The summed E-state index contributed by atoms with van der Waals surface area (Å²) >= 11 is 0. The molecular formula is C13H15NO3S. The molecule has 0 aliphatic carbocycles. The number of nitrogens with zero attached hydrogens (tertiary/aromatic N) is 1. The van der Waals surface area contributed by atoms with E-state index in [1.165, 1.54) is 4.31 Å². The Morgan fingerprint density at radius 1 is 1.44 bits per heavy atom. The van der Waals surface area contributed by atoms with E-state index in [0.717, 1.165) is 16.8 Å². The summed E-state index contributed by atoms with van der Waals surface area (Å²) in [5, 5.41) is 8.63. The third-order valence-corrected chi connectivity index (χ3v) is 4.73. The van der Waals surface area contributed by atoms with Crippen LogP contribution in [-0.4, -0.2) is 32.4 Å². The Kier molecular flexibility index (Phi) is 3.60. The maximum absolute atomic E-state index is 11.8. The molecule has 0 bridgehead atoms. The van der Waals surface area contributed by atoms with Crippen LogP contribution in [0.5, 0.6) is 0 Å². The highest BCUT2D eigenvalue weighted by atomic mass is 32.2. The van der Waals surface area contributed by atoms with Gasteiger partial charge in [-0.05, 0) is 37.1 Å². The molecule has 0 amide bonds. The number of anilines is 1. The molecule has 1 aromatic rings.